The Morgan fingerprint density at radius 1 is 1.05 bits per heavy atom. The standard InChI is InChI=1S/C28H32N4O3S3/c1-5-15-30(16-6-2)38(34,35)24-14-10-11-21(17-24)26-22(19-31(29-26)23-12-8-7-9-13-23)18-25-27(33)32(20(3)4)28(36)37-25/h7-14,17-20H,5-6,15-16H2,1-4H3. The van der Waals surface area contributed by atoms with Crippen molar-refractivity contribution in [3.05, 3.63) is 71.3 Å². The summed E-state index contributed by atoms with van der Waals surface area (Å²) in [7, 11) is -3.67. The van der Waals surface area contributed by atoms with Crippen LogP contribution < -0.4 is 0 Å². The van der Waals surface area contributed by atoms with Crippen molar-refractivity contribution in [3.63, 3.8) is 0 Å². The second-order valence-electron chi connectivity index (χ2n) is 9.29. The Labute approximate surface area is 234 Å². The van der Waals surface area contributed by atoms with Crippen LogP contribution in [-0.4, -0.2) is 56.8 Å². The van der Waals surface area contributed by atoms with Crippen LogP contribution in [-0.2, 0) is 14.8 Å². The molecule has 0 atom stereocenters. The smallest absolute Gasteiger partial charge is 0.266 e. The Kier molecular flexibility index (Phi) is 8.87. The van der Waals surface area contributed by atoms with Crippen LogP contribution in [0.5, 0.6) is 0 Å². The summed E-state index contributed by atoms with van der Waals surface area (Å²) in [6.07, 6.45) is 5.12. The Hall–Kier alpha value is -2.79. The maximum absolute atomic E-state index is 13.5. The number of carbonyl (C=O) groups is 1. The zero-order valence-corrected chi connectivity index (χ0v) is 24.4. The van der Waals surface area contributed by atoms with Gasteiger partial charge in [-0.05, 0) is 57.0 Å². The lowest BCUT2D eigenvalue weighted by Crippen LogP contribution is -2.34. The molecule has 0 saturated carbocycles. The van der Waals surface area contributed by atoms with E-state index in [1.807, 2.05) is 70.3 Å². The summed E-state index contributed by atoms with van der Waals surface area (Å²) in [6, 6.07) is 16.5. The minimum Gasteiger partial charge on any atom is -0.290 e. The number of benzene rings is 2. The summed E-state index contributed by atoms with van der Waals surface area (Å²) in [4.78, 5) is 15.5. The quantitative estimate of drug-likeness (QED) is 0.222. The predicted octanol–water partition coefficient (Wildman–Crippen LogP) is 5.96. The molecular formula is C28H32N4O3S3. The van der Waals surface area contributed by atoms with Crippen molar-refractivity contribution in [1.29, 1.82) is 0 Å². The normalized spacial score (nSPS) is 15.4. The molecule has 0 aliphatic carbocycles. The molecule has 38 heavy (non-hydrogen) atoms. The van der Waals surface area contributed by atoms with Crippen LogP contribution in [0.3, 0.4) is 0 Å². The van der Waals surface area contributed by atoms with Crippen LogP contribution in [0.4, 0.5) is 0 Å². The second kappa shape index (κ2) is 11.9. The molecule has 1 aromatic heterocycles. The second-order valence-corrected chi connectivity index (χ2v) is 12.9. The summed E-state index contributed by atoms with van der Waals surface area (Å²) in [6.45, 7) is 8.73. The Balaban J connectivity index is 1.83. The number of rotatable bonds is 10. The molecule has 0 radical (unpaired) electrons. The predicted molar refractivity (Wildman–Crippen MR) is 158 cm³/mol. The van der Waals surface area contributed by atoms with E-state index in [9.17, 15) is 13.2 Å². The van der Waals surface area contributed by atoms with Gasteiger partial charge in [-0.1, -0.05) is 68.2 Å². The van der Waals surface area contributed by atoms with E-state index < -0.39 is 10.0 Å². The highest BCUT2D eigenvalue weighted by Gasteiger charge is 2.34. The summed E-state index contributed by atoms with van der Waals surface area (Å²) in [5.41, 5.74) is 2.79. The van der Waals surface area contributed by atoms with Crippen molar-refractivity contribution in [2.24, 2.45) is 0 Å². The topological polar surface area (TPSA) is 75.5 Å². The number of hydrogen-bond acceptors (Lipinski definition) is 6. The van der Waals surface area contributed by atoms with Crippen LogP contribution in [0.25, 0.3) is 23.0 Å². The van der Waals surface area contributed by atoms with E-state index >= 15 is 0 Å². The molecule has 4 rings (SSSR count). The van der Waals surface area contributed by atoms with Crippen LogP contribution >= 0.6 is 24.0 Å². The minimum absolute atomic E-state index is 0.0454. The van der Waals surface area contributed by atoms with Crippen LogP contribution in [0, 0.1) is 0 Å². The van der Waals surface area contributed by atoms with Crippen LogP contribution in [0.15, 0.2) is 70.6 Å². The Morgan fingerprint density at radius 2 is 1.74 bits per heavy atom. The molecular weight excluding hydrogens is 537 g/mol. The van der Waals surface area contributed by atoms with Crippen molar-refractivity contribution in [2.75, 3.05) is 13.1 Å². The number of thioether (sulfide) groups is 1. The lowest BCUT2D eigenvalue weighted by molar-refractivity contribution is -0.123. The number of nitrogens with zero attached hydrogens (tertiary/aromatic N) is 4. The first kappa shape index (κ1) is 28.2. The van der Waals surface area contributed by atoms with E-state index in [1.165, 1.54) is 16.1 Å². The highest BCUT2D eigenvalue weighted by molar-refractivity contribution is 8.26. The van der Waals surface area contributed by atoms with E-state index in [1.54, 1.807) is 33.9 Å². The molecule has 2 heterocycles. The van der Waals surface area contributed by atoms with Gasteiger partial charge in [0.05, 0.1) is 15.5 Å². The van der Waals surface area contributed by atoms with E-state index in [0.29, 0.717) is 39.1 Å². The molecule has 0 unspecified atom stereocenters. The fourth-order valence-corrected chi connectivity index (χ4v) is 7.49. The maximum Gasteiger partial charge on any atom is 0.266 e. The van der Waals surface area contributed by atoms with E-state index in [2.05, 4.69) is 0 Å². The third kappa shape index (κ3) is 5.78. The van der Waals surface area contributed by atoms with E-state index in [4.69, 9.17) is 17.3 Å². The molecule has 0 bridgehead atoms. The largest absolute Gasteiger partial charge is 0.290 e. The van der Waals surface area contributed by atoms with Gasteiger partial charge < -0.3 is 0 Å². The molecule has 7 nitrogen and oxygen atoms in total. The Morgan fingerprint density at radius 3 is 2.34 bits per heavy atom. The zero-order chi connectivity index (χ0) is 27.4. The van der Waals surface area contributed by atoms with Gasteiger partial charge in [0.1, 0.15) is 10.0 Å². The lowest BCUT2D eigenvalue weighted by atomic mass is 10.1. The van der Waals surface area contributed by atoms with Gasteiger partial charge in [0.2, 0.25) is 10.0 Å². The maximum atomic E-state index is 13.5. The van der Waals surface area contributed by atoms with Crippen molar-refractivity contribution in [3.8, 4) is 16.9 Å². The zero-order valence-electron chi connectivity index (χ0n) is 22.0. The molecule has 3 aromatic rings. The fraction of sp³-hybridized carbons (Fsp3) is 0.321. The molecule has 0 N–H and O–H groups in total. The van der Waals surface area contributed by atoms with Gasteiger partial charge in [0.15, 0.2) is 0 Å². The fourth-order valence-electron chi connectivity index (χ4n) is 4.30. The highest BCUT2D eigenvalue weighted by atomic mass is 32.2. The first-order valence-corrected chi connectivity index (χ1v) is 15.4. The van der Waals surface area contributed by atoms with Gasteiger partial charge in [-0.15, -0.1) is 0 Å². The van der Waals surface area contributed by atoms with Gasteiger partial charge in [0.25, 0.3) is 5.91 Å². The van der Waals surface area contributed by atoms with Gasteiger partial charge in [0, 0.05) is 36.5 Å². The van der Waals surface area contributed by atoms with E-state index in [0.717, 1.165) is 18.5 Å². The van der Waals surface area contributed by atoms with Crippen molar-refractivity contribution >= 4 is 50.3 Å². The van der Waals surface area contributed by atoms with Crippen LogP contribution in [0.2, 0.25) is 0 Å². The molecule has 1 saturated heterocycles. The third-order valence-electron chi connectivity index (χ3n) is 6.08. The summed E-state index contributed by atoms with van der Waals surface area (Å²) < 4.78 is 30.8. The lowest BCUT2D eigenvalue weighted by Gasteiger charge is -2.21. The highest BCUT2D eigenvalue weighted by Crippen LogP contribution is 2.36. The van der Waals surface area contributed by atoms with Gasteiger partial charge in [-0.3, -0.25) is 9.69 Å². The molecule has 1 aliphatic heterocycles. The van der Waals surface area contributed by atoms with Crippen molar-refractivity contribution in [2.45, 2.75) is 51.5 Å². The number of amides is 1. The Bertz CT molecular complexity index is 1460. The molecule has 1 amide bonds. The van der Waals surface area contributed by atoms with Crippen molar-refractivity contribution in [1.82, 2.24) is 19.0 Å². The monoisotopic (exact) mass is 568 g/mol. The number of aromatic nitrogens is 2. The third-order valence-corrected chi connectivity index (χ3v) is 9.31. The molecule has 200 valence electrons. The number of hydrogen-bond donors (Lipinski definition) is 0. The number of thiocarbonyl (C=S) groups is 1. The van der Waals surface area contributed by atoms with Crippen molar-refractivity contribution < 1.29 is 13.2 Å². The minimum atomic E-state index is -3.67. The summed E-state index contributed by atoms with van der Waals surface area (Å²) in [5, 5.41) is 4.83. The first-order chi connectivity index (χ1) is 18.2. The number of carbonyl (C=O) groups excluding carboxylic acids is 1. The molecule has 1 aliphatic rings. The average Bonchev–Trinajstić information content (AvgIpc) is 3.44. The SMILES string of the molecule is CCCN(CCC)S(=O)(=O)c1cccc(-c2nn(-c3ccccc3)cc2C=C2SC(=S)N(C(C)C)C2=O)c1. The average molecular weight is 569 g/mol. The molecule has 0 spiro atoms. The van der Waals surface area contributed by atoms with Gasteiger partial charge >= 0.3 is 0 Å². The van der Waals surface area contributed by atoms with Crippen LogP contribution in [0.1, 0.15) is 46.1 Å². The van der Waals surface area contributed by atoms with E-state index in [-0.39, 0.29) is 16.8 Å². The van der Waals surface area contributed by atoms with Gasteiger partial charge in [-0.25, -0.2) is 13.1 Å². The van der Waals surface area contributed by atoms with Gasteiger partial charge in [-0.2, -0.15) is 9.40 Å². The number of para-hydroxylation sites is 1. The summed E-state index contributed by atoms with van der Waals surface area (Å²) >= 11 is 6.72. The molecule has 10 heteroatoms. The summed E-state index contributed by atoms with van der Waals surface area (Å²) in [5.74, 6) is -0.139. The first-order valence-electron chi connectivity index (χ1n) is 12.7. The molecule has 1 fully saturated rings. The molecule has 2 aromatic carbocycles. The number of sulfonamides is 1.